The highest BCUT2D eigenvalue weighted by Gasteiger charge is 2.26. The van der Waals surface area contributed by atoms with Crippen LogP contribution in [0.15, 0.2) is 54.6 Å². The molecule has 1 fully saturated rings. The van der Waals surface area contributed by atoms with Gasteiger partial charge in [-0.1, -0.05) is 30.3 Å². The first-order valence-electron chi connectivity index (χ1n) is 9.78. The van der Waals surface area contributed by atoms with Crippen LogP contribution in [0, 0.1) is 18.3 Å². The van der Waals surface area contributed by atoms with Crippen molar-refractivity contribution in [2.75, 3.05) is 13.1 Å². The van der Waals surface area contributed by atoms with Crippen LogP contribution in [0.25, 0.3) is 16.9 Å². The standard InChI is InChI=1S/C23H23N5O/c1-16-5-2-3-7-21(16)28-22(18-10-8-17(14-24)9-11-18)13-20(26-28)23(29)27-12-4-6-19(25)15-27/h2-3,5,7-11,13,19H,4,6,12,15,25H2,1H3. The Labute approximate surface area is 170 Å². The third kappa shape index (κ3) is 3.78. The molecule has 0 aliphatic carbocycles. The number of para-hydroxylation sites is 1. The molecule has 1 aliphatic rings. The predicted molar refractivity (Wildman–Crippen MR) is 112 cm³/mol. The van der Waals surface area contributed by atoms with Crippen molar-refractivity contribution < 1.29 is 4.79 Å². The minimum Gasteiger partial charge on any atom is -0.336 e. The van der Waals surface area contributed by atoms with Gasteiger partial charge in [-0.05, 0) is 49.6 Å². The van der Waals surface area contributed by atoms with Gasteiger partial charge in [0.2, 0.25) is 0 Å². The van der Waals surface area contributed by atoms with Crippen molar-refractivity contribution in [3.05, 3.63) is 71.4 Å². The Morgan fingerprint density at radius 2 is 1.97 bits per heavy atom. The zero-order valence-electron chi connectivity index (χ0n) is 16.4. The Morgan fingerprint density at radius 1 is 1.21 bits per heavy atom. The smallest absolute Gasteiger partial charge is 0.274 e. The molecule has 0 radical (unpaired) electrons. The maximum atomic E-state index is 13.1. The quantitative estimate of drug-likeness (QED) is 0.749. The number of benzene rings is 2. The van der Waals surface area contributed by atoms with Gasteiger partial charge in [0.1, 0.15) is 0 Å². The summed E-state index contributed by atoms with van der Waals surface area (Å²) < 4.78 is 1.81. The minimum atomic E-state index is -0.0950. The Morgan fingerprint density at radius 3 is 2.66 bits per heavy atom. The number of aryl methyl sites for hydroxylation is 1. The number of hydrogen-bond acceptors (Lipinski definition) is 4. The molecule has 1 saturated heterocycles. The molecule has 146 valence electrons. The Kier molecular flexibility index (Phi) is 5.15. The monoisotopic (exact) mass is 385 g/mol. The van der Waals surface area contributed by atoms with Gasteiger partial charge in [0.25, 0.3) is 5.91 Å². The number of piperidine rings is 1. The number of hydrogen-bond donors (Lipinski definition) is 1. The molecule has 2 heterocycles. The minimum absolute atomic E-state index is 0.0177. The number of aromatic nitrogens is 2. The Balaban J connectivity index is 1.79. The van der Waals surface area contributed by atoms with Crippen LogP contribution in [0.4, 0.5) is 0 Å². The molecule has 1 atom stereocenters. The summed E-state index contributed by atoms with van der Waals surface area (Å²) >= 11 is 0. The SMILES string of the molecule is Cc1ccccc1-n1nc(C(=O)N2CCCC(N)C2)cc1-c1ccc(C#N)cc1. The number of nitrogens with zero attached hydrogens (tertiary/aromatic N) is 4. The molecule has 2 N–H and O–H groups in total. The number of carbonyl (C=O) groups excluding carboxylic acids is 1. The second-order valence-electron chi connectivity index (χ2n) is 7.46. The molecular formula is C23H23N5O. The summed E-state index contributed by atoms with van der Waals surface area (Å²) in [6.45, 7) is 3.28. The van der Waals surface area contributed by atoms with Gasteiger partial charge >= 0.3 is 0 Å². The maximum absolute atomic E-state index is 13.1. The zero-order valence-corrected chi connectivity index (χ0v) is 16.4. The highest BCUT2D eigenvalue weighted by Crippen LogP contribution is 2.27. The summed E-state index contributed by atoms with van der Waals surface area (Å²) in [6, 6.07) is 19.2. The average molecular weight is 385 g/mol. The van der Waals surface area contributed by atoms with Crippen molar-refractivity contribution in [1.82, 2.24) is 14.7 Å². The van der Waals surface area contributed by atoms with Crippen molar-refractivity contribution in [1.29, 1.82) is 5.26 Å². The van der Waals surface area contributed by atoms with Crippen LogP contribution in [0.2, 0.25) is 0 Å². The van der Waals surface area contributed by atoms with Crippen LogP contribution in [-0.2, 0) is 0 Å². The molecule has 0 saturated carbocycles. The first kappa shape index (κ1) is 18.9. The van der Waals surface area contributed by atoms with Gasteiger partial charge < -0.3 is 10.6 Å². The lowest BCUT2D eigenvalue weighted by Gasteiger charge is -2.30. The summed E-state index contributed by atoms with van der Waals surface area (Å²) in [4.78, 5) is 14.9. The first-order chi connectivity index (χ1) is 14.1. The van der Waals surface area contributed by atoms with E-state index in [4.69, 9.17) is 11.0 Å². The second-order valence-corrected chi connectivity index (χ2v) is 7.46. The maximum Gasteiger partial charge on any atom is 0.274 e. The molecule has 3 aromatic rings. The van der Waals surface area contributed by atoms with Gasteiger partial charge in [-0.25, -0.2) is 4.68 Å². The third-order valence-corrected chi connectivity index (χ3v) is 5.33. The van der Waals surface area contributed by atoms with Gasteiger partial charge in [-0.2, -0.15) is 10.4 Å². The molecule has 4 rings (SSSR count). The molecule has 1 aromatic heterocycles. The van der Waals surface area contributed by atoms with E-state index in [-0.39, 0.29) is 11.9 Å². The Bertz CT molecular complexity index is 1080. The summed E-state index contributed by atoms with van der Waals surface area (Å²) in [6.07, 6.45) is 1.85. The van der Waals surface area contributed by atoms with Gasteiger partial charge in [0, 0.05) is 24.7 Å². The van der Waals surface area contributed by atoms with Crippen molar-refractivity contribution >= 4 is 5.91 Å². The molecule has 2 aromatic carbocycles. The highest BCUT2D eigenvalue weighted by molar-refractivity contribution is 5.93. The van der Waals surface area contributed by atoms with E-state index in [0.29, 0.717) is 24.3 Å². The van der Waals surface area contributed by atoms with E-state index in [0.717, 1.165) is 35.3 Å². The van der Waals surface area contributed by atoms with E-state index >= 15 is 0 Å². The van der Waals surface area contributed by atoms with Crippen LogP contribution in [0.3, 0.4) is 0 Å². The molecule has 6 nitrogen and oxygen atoms in total. The number of amides is 1. The topological polar surface area (TPSA) is 87.9 Å². The van der Waals surface area contributed by atoms with E-state index in [9.17, 15) is 4.79 Å². The van der Waals surface area contributed by atoms with Gasteiger partial charge in [0.05, 0.1) is 23.0 Å². The van der Waals surface area contributed by atoms with E-state index in [1.54, 1.807) is 17.0 Å². The molecule has 0 spiro atoms. The molecule has 1 amide bonds. The van der Waals surface area contributed by atoms with Gasteiger partial charge in [-0.15, -0.1) is 0 Å². The molecular weight excluding hydrogens is 362 g/mol. The van der Waals surface area contributed by atoms with Crippen molar-refractivity contribution in [2.24, 2.45) is 5.73 Å². The summed E-state index contributed by atoms with van der Waals surface area (Å²) in [5, 5.41) is 13.8. The third-order valence-electron chi connectivity index (χ3n) is 5.33. The van der Waals surface area contributed by atoms with Crippen LogP contribution in [-0.4, -0.2) is 39.7 Å². The number of nitrogens with two attached hydrogens (primary N) is 1. The summed E-state index contributed by atoms with van der Waals surface area (Å²) in [7, 11) is 0. The lowest BCUT2D eigenvalue weighted by molar-refractivity contribution is 0.0702. The highest BCUT2D eigenvalue weighted by atomic mass is 16.2. The van der Waals surface area contributed by atoms with Crippen LogP contribution < -0.4 is 5.73 Å². The van der Waals surface area contributed by atoms with Crippen molar-refractivity contribution in [3.8, 4) is 23.0 Å². The molecule has 6 heteroatoms. The first-order valence-corrected chi connectivity index (χ1v) is 9.78. The van der Waals surface area contributed by atoms with E-state index in [2.05, 4.69) is 11.2 Å². The fourth-order valence-electron chi connectivity index (χ4n) is 3.75. The van der Waals surface area contributed by atoms with Gasteiger partial charge in [0.15, 0.2) is 5.69 Å². The molecule has 1 aliphatic heterocycles. The summed E-state index contributed by atoms with van der Waals surface area (Å²) in [5.41, 5.74) is 10.7. The summed E-state index contributed by atoms with van der Waals surface area (Å²) in [5.74, 6) is -0.0950. The second kappa shape index (κ2) is 7.90. The number of nitriles is 1. The van der Waals surface area contributed by atoms with Crippen LogP contribution in [0.1, 0.15) is 34.5 Å². The predicted octanol–water partition coefficient (Wildman–Crippen LogP) is 3.28. The lowest BCUT2D eigenvalue weighted by atomic mass is 10.1. The van der Waals surface area contributed by atoms with Crippen molar-refractivity contribution in [2.45, 2.75) is 25.8 Å². The number of carbonyl (C=O) groups is 1. The fourth-order valence-corrected chi connectivity index (χ4v) is 3.75. The lowest BCUT2D eigenvalue weighted by Crippen LogP contribution is -2.45. The zero-order chi connectivity index (χ0) is 20.4. The van der Waals surface area contributed by atoms with E-state index in [1.807, 2.05) is 54.1 Å². The van der Waals surface area contributed by atoms with E-state index < -0.39 is 0 Å². The fraction of sp³-hybridized carbons (Fsp3) is 0.261. The van der Waals surface area contributed by atoms with Crippen LogP contribution in [0.5, 0.6) is 0 Å². The Hall–Kier alpha value is -3.43. The molecule has 1 unspecified atom stereocenters. The van der Waals surface area contributed by atoms with Crippen LogP contribution >= 0.6 is 0 Å². The van der Waals surface area contributed by atoms with Gasteiger partial charge in [-0.3, -0.25) is 4.79 Å². The molecule has 0 bridgehead atoms. The normalized spacial score (nSPS) is 16.4. The largest absolute Gasteiger partial charge is 0.336 e. The van der Waals surface area contributed by atoms with Crippen molar-refractivity contribution in [3.63, 3.8) is 0 Å². The van der Waals surface area contributed by atoms with E-state index in [1.165, 1.54) is 0 Å². The number of rotatable bonds is 3. The number of likely N-dealkylation sites (tertiary alicyclic amines) is 1. The average Bonchev–Trinajstić information content (AvgIpc) is 3.18. The molecule has 29 heavy (non-hydrogen) atoms.